The van der Waals surface area contributed by atoms with Gasteiger partial charge in [0.2, 0.25) is 0 Å². The van der Waals surface area contributed by atoms with Crippen LogP contribution in [0.25, 0.3) is 6.08 Å². The molecule has 5 nitrogen and oxygen atoms in total. The van der Waals surface area contributed by atoms with Gasteiger partial charge in [-0.1, -0.05) is 54.1 Å². The number of nitrogens with one attached hydrogen (secondary N) is 2. The van der Waals surface area contributed by atoms with Crippen LogP contribution in [0.4, 0.5) is 5.69 Å². The first-order chi connectivity index (χ1) is 14.5. The second-order valence-corrected chi connectivity index (χ2v) is 7.37. The molecule has 0 fully saturated rings. The molecule has 0 unspecified atom stereocenters. The number of rotatable bonds is 4. The molecule has 1 aliphatic rings. The van der Waals surface area contributed by atoms with Gasteiger partial charge in [0.25, 0.3) is 11.8 Å². The molecule has 150 valence electrons. The lowest BCUT2D eigenvalue weighted by molar-refractivity contribution is -0.115. The zero-order chi connectivity index (χ0) is 21.1. The van der Waals surface area contributed by atoms with E-state index in [1.165, 1.54) is 0 Å². The van der Waals surface area contributed by atoms with Gasteiger partial charge in [-0.15, -0.1) is 0 Å². The Morgan fingerprint density at radius 2 is 1.87 bits per heavy atom. The summed E-state index contributed by atoms with van der Waals surface area (Å²) in [5, 5.41) is 6.31. The summed E-state index contributed by atoms with van der Waals surface area (Å²) < 4.78 is 5.75. The Morgan fingerprint density at radius 3 is 2.63 bits per heavy atom. The van der Waals surface area contributed by atoms with Crippen molar-refractivity contribution in [2.45, 2.75) is 13.0 Å². The fourth-order valence-electron chi connectivity index (χ4n) is 3.15. The van der Waals surface area contributed by atoms with Gasteiger partial charge in [0, 0.05) is 10.6 Å². The molecule has 1 aliphatic heterocycles. The molecule has 0 radical (unpaired) electrons. The zero-order valence-corrected chi connectivity index (χ0v) is 16.9. The van der Waals surface area contributed by atoms with Crippen LogP contribution < -0.4 is 15.4 Å². The molecule has 0 bridgehead atoms. The predicted octanol–water partition coefficient (Wildman–Crippen LogP) is 5.20. The SMILES string of the molecule is C[C@H](NC(=O)c1ccc2c(c1)NC(=O)/C(=C/c1cccc(Cl)c1)O2)c1ccccc1. The average molecular weight is 419 g/mol. The van der Waals surface area contributed by atoms with Crippen molar-refractivity contribution in [1.29, 1.82) is 0 Å². The number of hydrogen-bond donors (Lipinski definition) is 2. The van der Waals surface area contributed by atoms with Crippen LogP contribution >= 0.6 is 11.6 Å². The first kappa shape index (κ1) is 19.7. The standard InChI is InChI=1S/C24H19ClN2O3/c1-15(17-7-3-2-4-8-17)26-23(28)18-10-11-21-20(14-18)27-24(29)22(30-21)13-16-6-5-9-19(25)12-16/h2-15H,1H3,(H,26,28)(H,27,29)/b22-13-/t15-/m0/s1. The largest absolute Gasteiger partial charge is 0.449 e. The summed E-state index contributed by atoms with van der Waals surface area (Å²) in [7, 11) is 0. The van der Waals surface area contributed by atoms with Gasteiger partial charge in [-0.2, -0.15) is 0 Å². The highest BCUT2D eigenvalue weighted by atomic mass is 35.5. The summed E-state index contributed by atoms with van der Waals surface area (Å²) in [6.45, 7) is 1.92. The van der Waals surface area contributed by atoms with Crippen molar-refractivity contribution < 1.29 is 14.3 Å². The summed E-state index contributed by atoms with van der Waals surface area (Å²) in [4.78, 5) is 25.1. The summed E-state index contributed by atoms with van der Waals surface area (Å²) in [6, 6.07) is 21.6. The van der Waals surface area contributed by atoms with E-state index in [2.05, 4.69) is 10.6 Å². The van der Waals surface area contributed by atoms with Crippen molar-refractivity contribution >= 4 is 35.2 Å². The first-order valence-electron chi connectivity index (χ1n) is 9.46. The quantitative estimate of drug-likeness (QED) is 0.572. The molecule has 30 heavy (non-hydrogen) atoms. The monoisotopic (exact) mass is 418 g/mol. The second kappa shape index (κ2) is 8.43. The molecule has 0 aliphatic carbocycles. The molecule has 3 aromatic rings. The van der Waals surface area contributed by atoms with E-state index in [4.69, 9.17) is 16.3 Å². The van der Waals surface area contributed by atoms with E-state index < -0.39 is 5.91 Å². The molecule has 3 aromatic carbocycles. The van der Waals surface area contributed by atoms with Crippen LogP contribution in [-0.2, 0) is 4.79 Å². The van der Waals surface area contributed by atoms with Crippen molar-refractivity contribution in [2.24, 2.45) is 0 Å². The molecule has 2 amide bonds. The molecule has 6 heteroatoms. The van der Waals surface area contributed by atoms with Crippen LogP contribution in [0, 0.1) is 0 Å². The van der Waals surface area contributed by atoms with E-state index in [1.807, 2.05) is 43.3 Å². The minimum Gasteiger partial charge on any atom is -0.449 e. The third-order valence-electron chi connectivity index (χ3n) is 4.73. The van der Waals surface area contributed by atoms with Crippen LogP contribution in [0.2, 0.25) is 5.02 Å². The number of carbonyl (C=O) groups excluding carboxylic acids is 2. The summed E-state index contributed by atoms with van der Waals surface area (Å²) >= 11 is 5.99. The van der Waals surface area contributed by atoms with Crippen LogP contribution in [0.1, 0.15) is 34.5 Å². The highest BCUT2D eigenvalue weighted by Crippen LogP contribution is 2.32. The molecule has 0 aromatic heterocycles. The Balaban J connectivity index is 1.51. The van der Waals surface area contributed by atoms with Crippen LogP contribution in [0.5, 0.6) is 5.75 Å². The maximum absolute atomic E-state index is 12.6. The fourth-order valence-corrected chi connectivity index (χ4v) is 3.35. The summed E-state index contributed by atoms with van der Waals surface area (Å²) in [5.41, 5.74) is 2.64. The van der Waals surface area contributed by atoms with Crippen molar-refractivity contribution in [3.63, 3.8) is 0 Å². The van der Waals surface area contributed by atoms with Gasteiger partial charge in [0.15, 0.2) is 11.5 Å². The Hall–Kier alpha value is -3.57. The van der Waals surface area contributed by atoms with Crippen LogP contribution in [-0.4, -0.2) is 11.8 Å². The molecule has 0 saturated carbocycles. The maximum atomic E-state index is 12.6. The Kier molecular flexibility index (Phi) is 5.55. The number of fused-ring (bicyclic) bond motifs is 1. The van der Waals surface area contributed by atoms with Gasteiger partial charge in [-0.25, -0.2) is 0 Å². The molecule has 2 N–H and O–H groups in total. The van der Waals surface area contributed by atoms with Gasteiger partial charge < -0.3 is 15.4 Å². The van der Waals surface area contributed by atoms with Crippen LogP contribution in [0.3, 0.4) is 0 Å². The lowest BCUT2D eigenvalue weighted by Crippen LogP contribution is -2.27. The summed E-state index contributed by atoms with van der Waals surface area (Å²) in [5.74, 6) is -0.00319. The summed E-state index contributed by atoms with van der Waals surface area (Å²) in [6.07, 6.45) is 1.62. The van der Waals surface area contributed by atoms with E-state index in [1.54, 1.807) is 42.5 Å². The van der Waals surface area contributed by atoms with Gasteiger partial charge in [0.1, 0.15) is 0 Å². The highest BCUT2D eigenvalue weighted by molar-refractivity contribution is 6.30. The third kappa shape index (κ3) is 4.36. The molecule has 0 saturated heterocycles. The van der Waals surface area contributed by atoms with Crippen LogP contribution in [0.15, 0.2) is 78.6 Å². The number of anilines is 1. The number of carbonyl (C=O) groups is 2. The van der Waals surface area contributed by atoms with E-state index >= 15 is 0 Å². The molecular formula is C24H19ClN2O3. The minimum absolute atomic E-state index is 0.146. The number of halogens is 1. The maximum Gasteiger partial charge on any atom is 0.291 e. The van der Waals surface area contributed by atoms with E-state index in [0.29, 0.717) is 22.0 Å². The smallest absolute Gasteiger partial charge is 0.291 e. The first-order valence-corrected chi connectivity index (χ1v) is 9.84. The van der Waals surface area contributed by atoms with Gasteiger partial charge in [-0.3, -0.25) is 9.59 Å². The highest BCUT2D eigenvalue weighted by Gasteiger charge is 2.23. The van der Waals surface area contributed by atoms with Crippen molar-refractivity contribution in [2.75, 3.05) is 5.32 Å². The van der Waals surface area contributed by atoms with E-state index in [0.717, 1.165) is 11.1 Å². The molecule has 4 rings (SSSR count). The van der Waals surface area contributed by atoms with Gasteiger partial charge in [-0.05, 0) is 54.5 Å². The lowest BCUT2D eigenvalue weighted by Gasteiger charge is -2.21. The molecule has 0 spiro atoms. The topological polar surface area (TPSA) is 67.4 Å². The average Bonchev–Trinajstić information content (AvgIpc) is 2.74. The van der Waals surface area contributed by atoms with Gasteiger partial charge in [0.05, 0.1) is 11.7 Å². The molecular weight excluding hydrogens is 400 g/mol. The van der Waals surface area contributed by atoms with Crippen molar-refractivity contribution in [3.05, 3.63) is 100 Å². The normalized spacial score (nSPS) is 15.0. The lowest BCUT2D eigenvalue weighted by atomic mass is 10.1. The number of benzene rings is 3. The zero-order valence-electron chi connectivity index (χ0n) is 16.2. The third-order valence-corrected chi connectivity index (χ3v) is 4.96. The van der Waals surface area contributed by atoms with E-state index in [9.17, 15) is 9.59 Å². The fraction of sp³-hybridized carbons (Fsp3) is 0.0833. The number of ether oxygens (including phenoxy) is 1. The predicted molar refractivity (Wildman–Crippen MR) is 117 cm³/mol. The van der Waals surface area contributed by atoms with E-state index in [-0.39, 0.29) is 17.7 Å². The second-order valence-electron chi connectivity index (χ2n) is 6.94. The minimum atomic E-state index is -0.391. The Labute approximate surface area is 179 Å². The van der Waals surface area contributed by atoms with Gasteiger partial charge >= 0.3 is 0 Å². The van der Waals surface area contributed by atoms with Crippen molar-refractivity contribution in [3.8, 4) is 5.75 Å². The number of hydrogen-bond acceptors (Lipinski definition) is 3. The number of amides is 2. The Bertz CT molecular complexity index is 1140. The molecule has 1 heterocycles. The van der Waals surface area contributed by atoms with Crippen molar-refractivity contribution in [1.82, 2.24) is 5.32 Å². The Morgan fingerprint density at radius 1 is 1.07 bits per heavy atom. The molecule has 1 atom stereocenters.